The van der Waals surface area contributed by atoms with Gasteiger partial charge in [-0.15, -0.1) is 0 Å². The fraction of sp³-hybridized carbons (Fsp3) is 0.176. The predicted molar refractivity (Wildman–Crippen MR) is 103 cm³/mol. The number of benzene rings is 1. The molecule has 0 radical (unpaired) electrons. The summed E-state index contributed by atoms with van der Waals surface area (Å²) >= 11 is 2.25. The van der Waals surface area contributed by atoms with Crippen LogP contribution in [0.5, 0.6) is 0 Å². The third kappa shape index (κ3) is 3.53. The molecule has 3 rings (SSSR count). The molecule has 4 nitrogen and oxygen atoms in total. The van der Waals surface area contributed by atoms with E-state index in [1.165, 1.54) is 0 Å². The summed E-state index contributed by atoms with van der Waals surface area (Å²) in [6, 6.07) is 15.7. The van der Waals surface area contributed by atoms with Crippen LogP contribution in [-0.4, -0.2) is 15.3 Å². The first-order valence-electron chi connectivity index (χ1n) is 7.27. The Bertz CT molecular complexity index is 819. The normalized spacial score (nSPS) is 12.3. The van der Waals surface area contributed by atoms with Gasteiger partial charge in [0.05, 0.1) is 10.9 Å². The molecule has 0 spiro atoms. The Morgan fingerprint density at radius 2 is 2.00 bits per heavy atom. The number of aromatic nitrogens is 2. The summed E-state index contributed by atoms with van der Waals surface area (Å²) in [6.45, 7) is 2.57. The number of pyridine rings is 1. The lowest BCUT2D eigenvalue weighted by atomic mass is 10.2. The first-order valence-corrected chi connectivity index (χ1v) is 10.7. The summed E-state index contributed by atoms with van der Waals surface area (Å²) in [4.78, 5) is 17.4. The molecule has 2 aromatic heterocycles. The maximum atomic E-state index is 12.8. The molecule has 1 amide bonds. The second-order valence-electron chi connectivity index (χ2n) is 5.17. The second-order valence-corrected chi connectivity index (χ2v) is 7.58. The van der Waals surface area contributed by atoms with Gasteiger partial charge in [-0.2, -0.15) is 0 Å². The highest BCUT2D eigenvalue weighted by Crippen LogP contribution is 2.35. The molecule has 1 unspecified atom stereocenters. The SMILES string of the molecule is CC(SI)c1nc2ccccn2c1C(=O)NCc1ccccc1. The van der Waals surface area contributed by atoms with Crippen molar-refractivity contribution < 1.29 is 4.79 Å². The van der Waals surface area contributed by atoms with E-state index in [2.05, 4.69) is 38.4 Å². The maximum Gasteiger partial charge on any atom is 0.270 e. The maximum absolute atomic E-state index is 12.8. The largest absolute Gasteiger partial charge is 0.347 e. The van der Waals surface area contributed by atoms with E-state index in [9.17, 15) is 4.79 Å². The highest BCUT2D eigenvalue weighted by Gasteiger charge is 2.22. The first-order chi connectivity index (χ1) is 11.2. The van der Waals surface area contributed by atoms with Crippen molar-refractivity contribution in [1.29, 1.82) is 0 Å². The van der Waals surface area contributed by atoms with Crippen molar-refractivity contribution in [3.8, 4) is 0 Å². The van der Waals surface area contributed by atoms with E-state index >= 15 is 0 Å². The minimum absolute atomic E-state index is 0.0974. The number of fused-ring (bicyclic) bond motifs is 1. The number of hydrogen-bond donors (Lipinski definition) is 1. The molecule has 1 N–H and O–H groups in total. The molecular formula is C17H16IN3OS. The summed E-state index contributed by atoms with van der Waals surface area (Å²) in [7, 11) is 1.65. The number of halogens is 1. The predicted octanol–water partition coefficient (Wildman–Crippen LogP) is 4.41. The summed E-state index contributed by atoms with van der Waals surface area (Å²) in [5.74, 6) is -0.0974. The molecule has 1 atom stereocenters. The van der Waals surface area contributed by atoms with Crippen molar-refractivity contribution in [2.24, 2.45) is 0 Å². The molecule has 6 heteroatoms. The number of nitrogens with one attached hydrogen (secondary N) is 1. The molecule has 0 saturated carbocycles. The van der Waals surface area contributed by atoms with Crippen LogP contribution >= 0.6 is 30.1 Å². The number of imidazole rings is 1. The average molecular weight is 437 g/mol. The fourth-order valence-electron chi connectivity index (χ4n) is 2.43. The van der Waals surface area contributed by atoms with E-state index in [-0.39, 0.29) is 11.2 Å². The topological polar surface area (TPSA) is 46.4 Å². The smallest absolute Gasteiger partial charge is 0.270 e. The van der Waals surface area contributed by atoms with Gasteiger partial charge in [0.15, 0.2) is 0 Å². The van der Waals surface area contributed by atoms with Gasteiger partial charge in [0.25, 0.3) is 5.91 Å². The molecule has 3 aromatic rings. The standard InChI is InChI=1S/C17H16IN3OS/c1-12(23-18)15-16(21-10-6-5-9-14(21)20-15)17(22)19-11-13-7-3-2-4-8-13/h2-10,12H,11H2,1H3,(H,19,22). The lowest BCUT2D eigenvalue weighted by Crippen LogP contribution is -2.25. The van der Waals surface area contributed by atoms with Gasteiger partial charge in [-0.25, -0.2) is 4.98 Å². The number of carbonyl (C=O) groups is 1. The van der Waals surface area contributed by atoms with Gasteiger partial charge in [0.2, 0.25) is 0 Å². The van der Waals surface area contributed by atoms with E-state index in [0.29, 0.717) is 12.2 Å². The van der Waals surface area contributed by atoms with Gasteiger partial charge < -0.3 is 5.32 Å². The summed E-state index contributed by atoms with van der Waals surface area (Å²) in [5, 5.41) is 3.15. The van der Waals surface area contributed by atoms with E-state index in [4.69, 9.17) is 0 Å². The zero-order valence-electron chi connectivity index (χ0n) is 12.6. The molecule has 0 bridgehead atoms. The van der Waals surface area contributed by atoms with Crippen LogP contribution in [0.2, 0.25) is 0 Å². The quantitative estimate of drug-likeness (QED) is 0.602. The van der Waals surface area contributed by atoms with Gasteiger partial charge in [0.1, 0.15) is 11.3 Å². The Labute approximate surface area is 151 Å². The van der Waals surface area contributed by atoms with E-state index in [0.717, 1.165) is 16.9 Å². The summed E-state index contributed by atoms with van der Waals surface area (Å²) < 4.78 is 1.86. The number of amides is 1. The van der Waals surface area contributed by atoms with Crippen LogP contribution in [0.4, 0.5) is 0 Å². The third-order valence-electron chi connectivity index (χ3n) is 3.59. The third-order valence-corrected chi connectivity index (χ3v) is 6.37. The van der Waals surface area contributed by atoms with Crippen molar-refractivity contribution in [1.82, 2.24) is 14.7 Å². The van der Waals surface area contributed by atoms with Crippen LogP contribution in [-0.2, 0) is 6.54 Å². The molecule has 0 aliphatic rings. The minimum atomic E-state index is -0.0974. The average Bonchev–Trinajstić information content (AvgIpc) is 2.99. The van der Waals surface area contributed by atoms with Crippen LogP contribution in [0.15, 0.2) is 54.7 Å². The number of carbonyl (C=O) groups excluding carboxylic acids is 1. The molecule has 0 aliphatic heterocycles. The summed E-state index contributed by atoms with van der Waals surface area (Å²) in [6.07, 6.45) is 1.88. The molecule has 0 saturated heterocycles. The van der Waals surface area contributed by atoms with Crippen molar-refractivity contribution in [2.45, 2.75) is 18.7 Å². The second kappa shape index (κ2) is 7.35. The van der Waals surface area contributed by atoms with E-state index < -0.39 is 0 Å². The van der Waals surface area contributed by atoms with E-state index in [1.807, 2.05) is 59.1 Å². The van der Waals surface area contributed by atoms with Crippen molar-refractivity contribution in [3.05, 3.63) is 71.7 Å². The Morgan fingerprint density at radius 1 is 1.26 bits per heavy atom. The fourth-order valence-corrected chi connectivity index (χ4v) is 3.40. The van der Waals surface area contributed by atoms with Crippen LogP contribution in [0.25, 0.3) is 5.65 Å². The van der Waals surface area contributed by atoms with Crippen LogP contribution in [0, 0.1) is 0 Å². The van der Waals surface area contributed by atoms with Gasteiger partial charge in [-0.3, -0.25) is 9.20 Å². The van der Waals surface area contributed by atoms with Crippen LogP contribution < -0.4 is 5.32 Å². The molecular weight excluding hydrogens is 421 g/mol. The zero-order valence-corrected chi connectivity index (χ0v) is 15.5. The monoisotopic (exact) mass is 437 g/mol. The number of rotatable bonds is 5. The number of nitrogens with zero attached hydrogens (tertiary/aromatic N) is 2. The van der Waals surface area contributed by atoms with Gasteiger partial charge in [-0.1, -0.05) is 45.3 Å². The van der Waals surface area contributed by atoms with Gasteiger partial charge in [-0.05, 0) is 45.8 Å². The van der Waals surface area contributed by atoms with Crippen molar-refractivity contribution >= 4 is 41.7 Å². The lowest BCUT2D eigenvalue weighted by molar-refractivity contribution is 0.0944. The highest BCUT2D eigenvalue weighted by molar-refractivity contribution is 14.2. The molecule has 1 aromatic carbocycles. The Kier molecular flexibility index (Phi) is 5.22. The highest BCUT2D eigenvalue weighted by atomic mass is 127. The zero-order chi connectivity index (χ0) is 16.2. The van der Waals surface area contributed by atoms with Crippen LogP contribution in [0.3, 0.4) is 0 Å². The molecule has 2 heterocycles. The number of hydrogen-bond acceptors (Lipinski definition) is 3. The minimum Gasteiger partial charge on any atom is -0.347 e. The first kappa shape index (κ1) is 16.3. The molecule has 23 heavy (non-hydrogen) atoms. The van der Waals surface area contributed by atoms with Crippen molar-refractivity contribution in [3.63, 3.8) is 0 Å². The molecule has 0 fully saturated rings. The Hall–Kier alpha value is -1.54. The lowest BCUT2D eigenvalue weighted by Gasteiger charge is -2.09. The van der Waals surface area contributed by atoms with Crippen LogP contribution in [0.1, 0.15) is 33.9 Å². The van der Waals surface area contributed by atoms with E-state index in [1.54, 1.807) is 8.93 Å². The molecule has 0 aliphatic carbocycles. The molecule has 118 valence electrons. The Balaban J connectivity index is 1.92. The Morgan fingerprint density at radius 3 is 2.74 bits per heavy atom. The van der Waals surface area contributed by atoms with Gasteiger partial charge in [0, 0.05) is 12.7 Å². The summed E-state index contributed by atoms with van der Waals surface area (Å²) in [5.41, 5.74) is 3.31. The van der Waals surface area contributed by atoms with Gasteiger partial charge >= 0.3 is 0 Å². The van der Waals surface area contributed by atoms with Crippen molar-refractivity contribution in [2.75, 3.05) is 0 Å².